The number of hydrogen-bond donors (Lipinski definition) is 0. The van der Waals surface area contributed by atoms with Crippen molar-refractivity contribution < 1.29 is 22.4 Å². The number of ketones is 1. The van der Waals surface area contributed by atoms with Gasteiger partial charge < -0.3 is 4.42 Å². The fourth-order valence-corrected chi connectivity index (χ4v) is 1.98. The molecule has 1 aromatic heterocycles. The summed E-state index contributed by atoms with van der Waals surface area (Å²) in [5, 5.41) is 0. The molecule has 106 valence electrons. The Morgan fingerprint density at radius 3 is 2.55 bits per heavy atom. The van der Waals surface area contributed by atoms with Crippen LogP contribution in [0.3, 0.4) is 0 Å². The minimum Gasteiger partial charge on any atom is -0.469 e. The number of halogens is 3. The quantitative estimate of drug-likeness (QED) is 0.777. The fraction of sp³-hybridized carbons (Fsp3) is 0.267. The van der Waals surface area contributed by atoms with E-state index in [1.165, 1.54) is 19.3 Å². The Balaban J connectivity index is 2.10. The summed E-state index contributed by atoms with van der Waals surface area (Å²) in [5.74, 6) is 0.496. The van der Waals surface area contributed by atoms with Crippen molar-refractivity contribution in [2.45, 2.75) is 25.9 Å². The van der Waals surface area contributed by atoms with Crippen LogP contribution in [0.4, 0.5) is 13.2 Å². The number of carbonyl (C=O) groups is 1. The van der Waals surface area contributed by atoms with Crippen molar-refractivity contribution >= 4 is 5.78 Å². The largest absolute Gasteiger partial charge is 0.469 e. The molecular formula is C15H13F3O2. The van der Waals surface area contributed by atoms with Crippen LogP contribution in [0.15, 0.2) is 41.0 Å². The summed E-state index contributed by atoms with van der Waals surface area (Å²) in [5.41, 5.74) is -0.0774. The van der Waals surface area contributed by atoms with E-state index in [1.807, 2.05) is 0 Å². The second-order valence-corrected chi connectivity index (χ2v) is 4.53. The molecule has 5 heteroatoms. The second kappa shape index (κ2) is 5.53. The van der Waals surface area contributed by atoms with Gasteiger partial charge in [0.1, 0.15) is 5.76 Å². The van der Waals surface area contributed by atoms with Gasteiger partial charge in [0, 0.05) is 18.4 Å². The normalized spacial score (nSPS) is 11.6. The summed E-state index contributed by atoms with van der Waals surface area (Å²) in [6.45, 7) is 1.51. The summed E-state index contributed by atoms with van der Waals surface area (Å²) in [7, 11) is 0. The van der Waals surface area contributed by atoms with E-state index in [0.717, 1.165) is 12.1 Å². The number of furan rings is 1. The number of rotatable bonds is 4. The summed E-state index contributed by atoms with van der Waals surface area (Å²) in [4.78, 5) is 12.0. The molecule has 2 aromatic rings. The van der Waals surface area contributed by atoms with Crippen LogP contribution in [0.25, 0.3) is 0 Å². The molecule has 0 fully saturated rings. The highest BCUT2D eigenvalue weighted by Gasteiger charge is 2.30. The Kier molecular flexibility index (Phi) is 3.97. The standard InChI is InChI=1S/C15H13F3O2/c1-10-9-11(15(16,17)18)4-6-13(10)14(19)7-5-12-3-2-8-20-12/h2-4,6,8-9H,5,7H2,1H3. The lowest BCUT2D eigenvalue weighted by Gasteiger charge is -2.10. The maximum atomic E-state index is 12.5. The molecule has 0 saturated carbocycles. The summed E-state index contributed by atoms with van der Waals surface area (Å²) < 4.78 is 42.7. The van der Waals surface area contributed by atoms with Gasteiger partial charge in [-0.15, -0.1) is 0 Å². The van der Waals surface area contributed by atoms with Crippen molar-refractivity contribution in [2.75, 3.05) is 0 Å². The zero-order chi connectivity index (χ0) is 14.8. The van der Waals surface area contributed by atoms with Crippen molar-refractivity contribution in [3.63, 3.8) is 0 Å². The number of Topliss-reactive ketones (excluding diaryl/α,β-unsaturated/α-hetero) is 1. The smallest absolute Gasteiger partial charge is 0.416 e. The van der Waals surface area contributed by atoms with E-state index in [-0.39, 0.29) is 12.2 Å². The van der Waals surface area contributed by atoms with Crippen molar-refractivity contribution in [1.29, 1.82) is 0 Å². The molecule has 0 aliphatic carbocycles. The zero-order valence-corrected chi connectivity index (χ0v) is 10.8. The SMILES string of the molecule is Cc1cc(C(F)(F)F)ccc1C(=O)CCc1ccco1. The van der Waals surface area contributed by atoms with Gasteiger partial charge in [0.2, 0.25) is 0 Å². The molecule has 2 nitrogen and oxygen atoms in total. The highest BCUT2D eigenvalue weighted by atomic mass is 19.4. The average Bonchev–Trinajstić information content (AvgIpc) is 2.87. The van der Waals surface area contributed by atoms with Gasteiger partial charge in [0.15, 0.2) is 5.78 Å². The van der Waals surface area contributed by atoms with Gasteiger partial charge in [-0.05, 0) is 36.8 Å². The first kappa shape index (κ1) is 14.4. The monoisotopic (exact) mass is 282 g/mol. The van der Waals surface area contributed by atoms with E-state index in [2.05, 4.69) is 0 Å². The molecule has 1 heterocycles. The molecule has 0 radical (unpaired) electrons. The molecule has 1 aromatic carbocycles. The molecule has 0 unspecified atom stereocenters. The van der Waals surface area contributed by atoms with E-state index < -0.39 is 11.7 Å². The van der Waals surface area contributed by atoms with Gasteiger partial charge in [-0.3, -0.25) is 4.79 Å². The third-order valence-corrected chi connectivity index (χ3v) is 3.03. The highest BCUT2D eigenvalue weighted by Crippen LogP contribution is 2.30. The van der Waals surface area contributed by atoms with Crippen molar-refractivity contribution in [2.24, 2.45) is 0 Å². The van der Waals surface area contributed by atoms with Crippen LogP contribution >= 0.6 is 0 Å². The van der Waals surface area contributed by atoms with E-state index in [9.17, 15) is 18.0 Å². The highest BCUT2D eigenvalue weighted by molar-refractivity contribution is 5.97. The van der Waals surface area contributed by atoms with Gasteiger partial charge in [0.25, 0.3) is 0 Å². The van der Waals surface area contributed by atoms with E-state index in [0.29, 0.717) is 23.3 Å². The van der Waals surface area contributed by atoms with Crippen LogP contribution < -0.4 is 0 Å². The number of carbonyl (C=O) groups excluding carboxylic acids is 1. The summed E-state index contributed by atoms with van der Waals surface area (Å²) >= 11 is 0. The van der Waals surface area contributed by atoms with Gasteiger partial charge in [-0.1, -0.05) is 6.07 Å². The predicted octanol–water partition coefficient (Wildman–Crippen LogP) is 4.42. The number of benzene rings is 1. The number of alkyl halides is 3. The van der Waals surface area contributed by atoms with Gasteiger partial charge in [0.05, 0.1) is 11.8 Å². The molecule has 0 bridgehead atoms. The predicted molar refractivity (Wildman–Crippen MR) is 67.5 cm³/mol. The Morgan fingerprint density at radius 1 is 1.25 bits per heavy atom. The molecule has 2 rings (SSSR count). The van der Waals surface area contributed by atoms with Crippen LogP contribution in [-0.4, -0.2) is 5.78 Å². The molecule has 0 spiro atoms. The second-order valence-electron chi connectivity index (χ2n) is 4.53. The van der Waals surface area contributed by atoms with Crippen LogP contribution in [0.1, 0.15) is 33.7 Å². The molecule has 20 heavy (non-hydrogen) atoms. The Morgan fingerprint density at radius 2 is 2.00 bits per heavy atom. The first-order valence-electron chi connectivity index (χ1n) is 6.11. The topological polar surface area (TPSA) is 30.2 Å². The van der Waals surface area contributed by atoms with Crippen LogP contribution in [0, 0.1) is 6.92 Å². The molecule has 0 saturated heterocycles. The van der Waals surface area contributed by atoms with Gasteiger partial charge in [-0.2, -0.15) is 13.2 Å². The first-order valence-corrected chi connectivity index (χ1v) is 6.11. The van der Waals surface area contributed by atoms with E-state index >= 15 is 0 Å². The number of hydrogen-bond acceptors (Lipinski definition) is 2. The third kappa shape index (κ3) is 3.29. The van der Waals surface area contributed by atoms with Gasteiger partial charge >= 0.3 is 6.18 Å². The number of aryl methyl sites for hydroxylation is 2. The zero-order valence-electron chi connectivity index (χ0n) is 10.8. The van der Waals surface area contributed by atoms with Crippen molar-refractivity contribution in [3.05, 3.63) is 59.0 Å². The van der Waals surface area contributed by atoms with Crippen LogP contribution in [0.5, 0.6) is 0 Å². The molecular weight excluding hydrogens is 269 g/mol. The lowest BCUT2D eigenvalue weighted by Crippen LogP contribution is -2.08. The Hall–Kier alpha value is -2.04. The lowest BCUT2D eigenvalue weighted by atomic mass is 9.98. The van der Waals surface area contributed by atoms with Crippen molar-refractivity contribution in [3.8, 4) is 0 Å². The fourth-order valence-electron chi connectivity index (χ4n) is 1.98. The van der Waals surface area contributed by atoms with Crippen LogP contribution in [0.2, 0.25) is 0 Å². The van der Waals surface area contributed by atoms with E-state index in [4.69, 9.17) is 4.42 Å². The lowest BCUT2D eigenvalue weighted by molar-refractivity contribution is -0.137. The molecule has 0 N–H and O–H groups in total. The maximum absolute atomic E-state index is 12.5. The Labute approximate surface area is 114 Å². The Bertz CT molecular complexity index is 598. The van der Waals surface area contributed by atoms with Crippen LogP contribution in [-0.2, 0) is 12.6 Å². The summed E-state index contributed by atoms with van der Waals surface area (Å²) in [6, 6.07) is 6.66. The molecule has 0 amide bonds. The minimum absolute atomic E-state index is 0.187. The minimum atomic E-state index is -4.39. The molecule has 0 aliphatic rings. The molecule has 0 atom stereocenters. The van der Waals surface area contributed by atoms with Gasteiger partial charge in [-0.25, -0.2) is 0 Å². The van der Waals surface area contributed by atoms with Crippen molar-refractivity contribution in [1.82, 2.24) is 0 Å². The third-order valence-electron chi connectivity index (χ3n) is 3.03. The van der Waals surface area contributed by atoms with E-state index in [1.54, 1.807) is 12.1 Å². The maximum Gasteiger partial charge on any atom is 0.416 e. The molecule has 0 aliphatic heterocycles. The average molecular weight is 282 g/mol. The summed E-state index contributed by atoms with van der Waals surface area (Å²) in [6.07, 6.45) is -2.23. The first-order chi connectivity index (χ1) is 9.38.